The van der Waals surface area contributed by atoms with Crippen LogP contribution in [0.4, 0.5) is 0 Å². The van der Waals surface area contributed by atoms with Crippen LogP contribution in [0.15, 0.2) is 12.4 Å². The first-order chi connectivity index (χ1) is 8.57. The topological polar surface area (TPSA) is 64.5 Å². The van der Waals surface area contributed by atoms with Crippen LogP contribution in [0.3, 0.4) is 0 Å². The highest BCUT2D eigenvalue weighted by Crippen LogP contribution is 2.38. The molecule has 0 bridgehead atoms. The van der Waals surface area contributed by atoms with Gasteiger partial charge in [-0.05, 0) is 5.92 Å². The molecule has 0 spiro atoms. The van der Waals surface area contributed by atoms with Crippen molar-refractivity contribution in [1.82, 2.24) is 9.97 Å². The molecule has 2 atom stereocenters. The van der Waals surface area contributed by atoms with Crippen molar-refractivity contribution >= 4 is 0 Å². The summed E-state index contributed by atoms with van der Waals surface area (Å²) in [6, 6.07) is 0. The van der Waals surface area contributed by atoms with Gasteiger partial charge < -0.3 is 14.6 Å². The largest absolute Gasteiger partial charge is 0.480 e. The van der Waals surface area contributed by atoms with E-state index in [4.69, 9.17) is 9.47 Å². The minimum Gasteiger partial charge on any atom is -0.480 e. The van der Waals surface area contributed by atoms with Crippen LogP contribution in [-0.4, -0.2) is 34.9 Å². The molecule has 2 unspecified atom stereocenters. The molecule has 100 valence electrons. The number of nitrogens with zero attached hydrogens (tertiary/aromatic N) is 2. The Morgan fingerprint density at radius 3 is 2.83 bits per heavy atom. The maximum Gasteiger partial charge on any atom is 0.238 e. The van der Waals surface area contributed by atoms with E-state index in [0.29, 0.717) is 36.9 Å². The predicted molar refractivity (Wildman–Crippen MR) is 66.3 cm³/mol. The first-order valence-corrected chi connectivity index (χ1v) is 6.26. The van der Waals surface area contributed by atoms with E-state index in [-0.39, 0.29) is 6.10 Å². The van der Waals surface area contributed by atoms with Gasteiger partial charge in [0.2, 0.25) is 5.88 Å². The number of aromatic nitrogens is 2. The molecule has 1 fully saturated rings. The molecule has 1 aliphatic rings. The van der Waals surface area contributed by atoms with Gasteiger partial charge in [0, 0.05) is 25.2 Å². The zero-order valence-electron chi connectivity index (χ0n) is 11.1. The van der Waals surface area contributed by atoms with E-state index in [1.807, 2.05) is 0 Å². The normalized spacial score (nSPS) is 28.4. The molecule has 0 saturated carbocycles. The number of aliphatic hydroxyl groups is 1. The third-order valence-electron chi connectivity index (χ3n) is 3.43. The van der Waals surface area contributed by atoms with Gasteiger partial charge in [-0.2, -0.15) is 0 Å². The van der Waals surface area contributed by atoms with Crippen molar-refractivity contribution in [3.05, 3.63) is 18.1 Å². The summed E-state index contributed by atoms with van der Waals surface area (Å²) in [5, 5.41) is 10.8. The molecule has 0 amide bonds. The average molecular weight is 252 g/mol. The summed E-state index contributed by atoms with van der Waals surface area (Å²) in [6.45, 7) is 4.70. The Bertz CT molecular complexity index is 411. The lowest BCUT2D eigenvalue weighted by Crippen LogP contribution is -2.41. The summed E-state index contributed by atoms with van der Waals surface area (Å²) in [7, 11) is 1.54. The van der Waals surface area contributed by atoms with E-state index >= 15 is 0 Å². The highest BCUT2D eigenvalue weighted by atomic mass is 16.5. The summed E-state index contributed by atoms with van der Waals surface area (Å²) in [6.07, 6.45) is 4.22. The van der Waals surface area contributed by atoms with Crippen LogP contribution in [0.2, 0.25) is 0 Å². The fourth-order valence-electron chi connectivity index (χ4n) is 2.31. The van der Waals surface area contributed by atoms with E-state index < -0.39 is 5.60 Å². The van der Waals surface area contributed by atoms with Crippen molar-refractivity contribution in [2.45, 2.75) is 38.4 Å². The summed E-state index contributed by atoms with van der Waals surface area (Å²) in [4.78, 5) is 8.35. The van der Waals surface area contributed by atoms with Gasteiger partial charge in [-0.1, -0.05) is 13.8 Å². The molecule has 5 nitrogen and oxygen atoms in total. The van der Waals surface area contributed by atoms with Gasteiger partial charge in [0.15, 0.2) is 0 Å². The third kappa shape index (κ3) is 2.47. The molecule has 1 aliphatic heterocycles. The van der Waals surface area contributed by atoms with Crippen LogP contribution in [-0.2, 0) is 10.3 Å². The SMILES string of the molecule is COc1nccnc1C1(O)CCOC(C(C)C)C1. The highest BCUT2D eigenvalue weighted by Gasteiger charge is 2.41. The van der Waals surface area contributed by atoms with Gasteiger partial charge >= 0.3 is 0 Å². The van der Waals surface area contributed by atoms with Crippen molar-refractivity contribution < 1.29 is 14.6 Å². The van der Waals surface area contributed by atoms with Crippen LogP contribution in [0, 0.1) is 5.92 Å². The van der Waals surface area contributed by atoms with Gasteiger partial charge in [-0.15, -0.1) is 0 Å². The molecule has 2 heterocycles. The van der Waals surface area contributed by atoms with E-state index in [1.165, 1.54) is 7.11 Å². The lowest BCUT2D eigenvalue weighted by Gasteiger charge is -2.38. The van der Waals surface area contributed by atoms with Gasteiger partial charge in [0.1, 0.15) is 11.3 Å². The predicted octanol–water partition coefficient (Wildman–Crippen LogP) is 1.51. The Balaban J connectivity index is 2.29. The molecule has 0 aromatic carbocycles. The molecule has 0 radical (unpaired) electrons. The lowest BCUT2D eigenvalue weighted by molar-refractivity contribution is -0.124. The van der Waals surface area contributed by atoms with Crippen molar-refractivity contribution in [3.63, 3.8) is 0 Å². The Labute approximate surface area is 107 Å². The highest BCUT2D eigenvalue weighted by molar-refractivity contribution is 5.25. The number of hydrogen-bond donors (Lipinski definition) is 1. The molecule has 1 aromatic heterocycles. The smallest absolute Gasteiger partial charge is 0.238 e. The molecule has 1 aromatic rings. The van der Waals surface area contributed by atoms with Crippen LogP contribution < -0.4 is 4.74 Å². The fourth-order valence-corrected chi connectivity index (χ4v) is 2.31. The second-order valence-electron chi connectivity index (χ2n) is 5.05. The van der Waals surface area contributed by atoms with E-state index in [2.05, 4.69) is 23.8 Å². The van der Waals surface area contributed by atoms with E-state index in [9.17, 15) is 5.11 Å². The summed E-state index contributed by atoms with van der Waals surface area (Å²) >= 11 is 0. The van der Waals surface area contributed by atoms with Crippen LogP contribution in [0.1, 0.15) is 32.4 Å². The van der Waals surface area contributed by atoms with Crippen molar-refractivity contribution in [3.8, 4) is 5.88 Å². The van der Waals surface area contributed by atoms with E-state index in [0.717, 1.165) is 0 Å². The average Bonchev–Trinajstić information content (AvgIpc) is 2.38. The van der Waals surface area contributed by atoms with Crippen LogP contribution in [0.5, 0.6) is 5.88 Å². The molecular weight excluding hydrogens is 232 g/mol. The van der Waals surface area contributed by atoms with Gasteiger partial charge in [-0.25, -0.2) is 4.98 Å². The molecule has 2 rings (SSSR count). The molecular formula is C13H20N2O3. The van der Waals surface area contributed by atoms with E-state index in [1.54, 1.807) is 12.4 Å². The van der Waals surface area contributed by atoms with Crippen LogP contribution in [0.25, 0.3) is 0 Å². The number of methoxy groups -OCH3 is 1. The third-order valence-corrected chi connectivity index (χ3v) is 3.43. The zero-order chi connectivity index (χ0) is 13.2. The van der Waals surface area contributed by atoms with Gasteiger partial charge in [0.25, 0.3) is 0 Å². The van der Waals surface area contributed by atoms with Crippen molar-refractivity contribution in [2.75, 3.05) is 13.7 Å². The monoisotopic (exact) mass is 252 g/mol. The van der Waals surface area contributed by atoms with Crippen molar-refractivity contribution in [1.29, 1.82) is 0 Å². The van der Waals surface area contributed by atoms with Crippen LogP contribution >= 0.6 is 0 Å². The van der Waals surface area contributed by atoms with Gasteiger partial charge in [-0.3, -0.25) is 4.98 Å². The fraction of sp³-hybridized carbons (Fsp3) is 0.692. The Morgan fingerprint density at radius 1 is 1.44 bits per heavy atom. The standard InChI is InChI=1S/C13H20N2O3/c1-9(2)10-8-13(16,4-7-18-10)11-12(17-3)15-6-5-14-11/h5-6,9-10,16H,4,7-8H2,1-3H3. The zero-order valence-corrected chi connectivity index (χ0v) is 11.1. The molecule has 0 aliphatic carbocycles. The minimum absolute atomic E-state index is 0.0375. The summed E-state index contributed by atoms with van der Waals surface area (Å²) in [5.74, 6) is 0.754. The first kappa shape index (κ1) is 13.2. The second kappa shape index (κ2) is 5.20. The molecule has 1 N–H and O–H groups in total. The summed E-state index contributed by atoms with van der Waals surface area (Å²) < 4.78 is 10.9. The number of ether oxygens (including phenoxy) is 2. The lowest BCUT2D eigenvalue weighted by atomic mass is 9.84. The Kier molecular flexibility index (Phi) is 3.82. The quantitative estimate of drug-likeness (QED) is 0.883. The van der Waals surface area contributed by atoms with Gasteiger partial charge in [0.05, 0.1) is 19.8 Å². The first-order valence-electron chi connectivity index (χ1n) is 6.26. The molecule has 1 saturated heterocycles. The number of rotatable bonds is 3. The molecule has 5 heteroatoms. The molecule has 18 heavy (non-hydrogen) atoms. The minimum atomic E-state index is -1.01. The summed E-state index contributed by atoms with van der Waals surface area (Å²) in [5.41, 5.74) is -0.492. The maximum absolute atomic E-state index is 10.8. The second-order valence-corrected chi connectivity index (χ2v) is 5.05. The Morgan fingerprint density at radius 2 is 2.17 bits per heavy atom. The maximum atomic E-state index is 10.8. The number of hydrogen-bond acceptors (Lipinski definition) is 5. The van der Waals surface area contributed by atoms with Crippen molar-refractivity contribution in [2.24, 2.45) is 5.92 Å². The Hall–Kier alpha value is -1.20.